The summed E-state index contributed by atoms with van der Waals surface area (Å²) in [5.74, 6) is 0.574. The Hall–Kier alpha value is -2.66. The third kappa shape index (κ3) is 3.54. The van der Waals surface area contributed by atoms with Gasteiger partial charge in [0.15, 0.2) is 0 Å². The molecule has 5 nitrogen and oxygen atoms in total. The molecule has 2 aromatic rings. The van der Waals surface area contributed by atoms with E-state index in [1.54, 1.807) is 31.4 Å². The molecule has 4 rings (SSSR count). The van der Waals surface area contributed by atoms with Crippen molar-refractivity contribution in [1.29, 1.82) is 0 Å². The summed E-state index contributed by atoms with van der Waals surface area (Å²) in [5, 5.41) is 0. The van der Waals surface area contributed by atoms with E-state index >= 15 is 0 Å². The standard InChI is InChI=1S/C23H26N2O3/c1-28-18-12-10-17(11-13-18)21-9-6-15-24(21)14-4-5-16-25-22(26)19-7-2-3-8-20(19)23(25)27/h2-3,7-8,10-13,21H,4-6,9,14-16H2,1H3/t21-/m1/s1. The van der Waals surface area contributed by atoms with Gasteiger partial charge in [-0.05, 0) is 68.6 Å². The number of methoxy groups -OCH3 is 1. The van der Waals surface area contributed by atoms with E-state index in [2.05, 4.69) is 17.0 Å². The van der Waals surface area contributed by atoms with Crippen LogP contribution in [0.2, 0.25) is 0 Å². The Labute approximate surface area is 165 Å². The summed E-state index contributed by atoms with van der Waals surface area (Å²) < 4.78 is 5.25. The first-order valence-electron chi connectivity index (χ1n) is 10.0. The smallest absolute Gasteiger partial charge is 0.261 e. The molecule has 0 unspecified atom stereocenters. The van der Waals surface area contributed by atoms with Crippen LogP contribution < -0.4 is 4.74 Å². The molecule has 2 aliphatic rings. The lowest BCUT2D eigenvalue weighted by molar-refractivity contribution is 0.0650. The number of amides is 2. The maximum absolute atomic E-state index is 12.4. The molecule has 0 spiro atoms. The van der Waals surface area contributed by atoms with Crippen LogP contribution in [0.1, 0.15) is 58.0 Å². The third-order valence-electron chi connectivity index (χ3n) is 5.82. The van der Waals surface area contributed by atoms with E-state index in [9.17, 15) is 9.59 Å². The van der Waals surface area contributed by atoms with E-state index < -0.39 is 0 Å². The molecule has 2 amide bonds. The summed E-state index contributed by atoms with van der Waals surface area (Å²) in [6.45, 7) is 2.58. The highest BCUT2D eigenvalue weighted by atomic mass is 16.5. The second-order valence-corrected chi connectivity index (χ2v) is 7.48. The number of imide groups is 1. The van der Waals surface area contributed by atoms with Crippen LogP contribution in [0.15, 0.2) is 48.5 Å². The maximum Gasteiger partial charge on any atom is 0.261 e. The van der Waals surface area contributed by atoms with Gasteiger partial charge < -0.3 is 4.74 Å². The number of ether oxygens (including phenoxy) is 1. The summed E-state index contributed by atoms with van der Waals surface area (Å²) in [6.07, 6.45) is 4.18. The number of nitrogens with zero attached hydrogens (tertiary/aromatic N) is 2. The van der Waals surface area contributed by atoms with Crippen LogP contribution in [-0.4, -0.2) is 48.4 Å². The van der Waals surface area contributed by atoms with Crippen molar-refractivity contribution in [2.75, 3.05) is 26.7 Å². The average Bonchev–Trinajstić information content (AvgIpc) is 3.30. The molecule has 0 aromatic heterocycles. The zero-order chi connectivity index (χ0) is 19.5. The minimum absolute atomic E-state index is 0.155. The van der Waals surface area contributed by atoms with E-state index in [1.807, 2.05) is 12.1 Å². The molecule has 5 heteroatoms. The SMILES string of the molecule is COc1ccc([C@H]2CCCN2CCCCN2C(=O)c3ccccc3C2=O)cc1. The second-order valence-electron chi connectivity index (χ2n) is 7.48. The minimum Gasteiger partial charge on any atom is -0.497 e. The molecule has 2 aromatic carbocycles. The number of hydrogen-bond acceptors (Lipinski definition) is 4. The van der Waals surface area contributed by atoms with Crippen LogP contribution in [0.3, 0.4) is 0 Å². The largest absolute Gasteiger partial charge is 0.497 e. The molecular weight excluding hydrogens is 352 g/mol. The molecule has 1 fully saturated rings. The quantitative estimate of drug-likeness (QED) is 0.541. The van der Waals surface area contributed by atoms with E-state index in [1.165, 1.54) is 23.3 Å². The van der Waals surface area contributed by atoms with Crippen molar-refractivity contribution in [1.82, 2.24) is 9.80 Å². The van der Waals surface area contributed by atoms with Crippen LogP contribution in [0, 0.1) is 0 Å². The molecular formula is C23H26N2O3. The second kappa shape index (κ2) is 8.15. The van der Waals surface area contributed by atoms with Crippen molar-refractivity contribution in [3.05, 3.63) is 65.2 Å². The van der Waals surface area contributed by atoms with Crippen molar-refractivity contribution in [2.24, 2.45) is 0 Å². The first-order valence-corrected chi connectivity index (χ1v) is 10.0. The molecule has 2 heterocycles. The van der Waals surface area contributed by atoms with Gasteiger partial charge in [-0.2, -0.15) is 0 Å². The highest BCUT2D eigenvalue weighted by Crippen LogP contribution is 2.33. The molecule has 0 bridgehead atoms. The topological polar surface area (TPSA) is 49.9 Å². The number of hydrogen-bond donors (Lipinski definition) is 0. The van der Waals surface area contributed by atoms with Crippen molar-refractivity contribution >= 4 is 11.8 Å². The van der Waals surface area contributed by atoms with Crippen LogP contribution in [0.25, 0.3) is 0 Å². The van der Waals surface area contributed by atoms with Gasteiger partial charge in [0.25, 0.3) is 11.8 Å². The lowest BCUT2D eigenvalue weighted by Gasteiger charge is -2.25. The molecule has 1 atom stereocenters. The molecule has 0 aliphatic carbocycles. The Morgan fingerprint density at radius 1 is 0.929 bits per heavy atom. The number of carbonyl (C=O) groups excluding carboxylic acids is 2. The summed E-state index contributed by atoms with van der Waals surface area (Å²) in [6, 6.07) is 15.9. The monoisotopic (exact) mass is 378 g/mol. The van der Waals surface area contributed by atoms with Crippen molar-refractivity contribution in [3.8, 4) is 5.75 Å². The van der Waals surface area contributed by atoms with Crippen LogP contribution in [-0.2, 0) is 0 Å². The van der Waals surface area contributed by atoms with Gasteiger partial charge in [-0.15, -0.1) is 0 Å². The fourth-order valence-corrected chi connectivity index (χ4v) is 4.32. The summed E-state index contributed by atoms with van der Waals surface area (Å²) in [7, 11) is 1.69. The van der Waals surface area contributed by atoms with Crippen molar-refractivity contribution < 1.29 is 14.3 Å². The van der Waals surface area contributed by atoms with Crippen LogP contribution >= 0.6 is 0 Å². The predicted octanol–water partition coefficient (Wildman–Crippen LogP) is 3.91. The molecule has 1 saturated heterocycles. The summed E-state index contributed by atoms with van der Waals surface area (Å²) in [4.78, 5) is 28.8. The normalized spacial score (nSPS) is 19.3. The number of unbranched alkanes of at least 4 members (excludes halogenated alkanes) is 1. The van der Waals surface area contributed by atoms with Gasteiger partial charge in [0, 0.05) is 12.6 Å². The van der Waals surface area contributed by atoms with Gasteiger partial charge in [-0.3, -0.25) is 19.4 Å². The van der Waals surface area contributed by atoms with Gasteiger partial charge >= 0.3 is 0 Å². The van der Waals surface area contributed by atoms with E-state index in [0.717, 1.165) is 31.7 Å². The first kappa shape index (κ1) is 18.7. The molecule has 0 radical (unpaired) electrons. The summed E-state index contributed by atoms with van der Waals surface area (Å²) >= 11 is 0. The van der Waals surface area contributed by atoms with E-state index in [-0.39, 0.29) is 11.8 Å². The van der Waals surface area contributed by atoms with Crippen molar-refractivity contribution in [2.45, 2.75) is 31.7 Å². The Kier molecular flexibility index (Phi) is 5.44. The molecule has 146 valence electrons. The number of rotatable bonds is 7. The van der Waals surface area contributed by atoms with E-state index in [4.69, 9.17) is 4.74 Å². The Bertz CT molecular complexity index is 827. The van der Waals surface area contributed by atoms with Crippen LogP contribution in [0.4, 0.5) is 0 Å². The fourth-order valence-electron chi connectivity index (χ4n) is 4.32. The molecule has 0 saturated carbocycles. The number of fused-ring (bicyclic) bond motifs is 1. The first-order chi connectivity index (χ1) is 13.7. The average molecular weight is 378 g/mol. The van der Waals surface area contributed by atoms with Crippen molar-refractivity contribution in [3.63, 3.8) is 0 Å². The molecule has 0 N–H and O–H groups in total. The number of carbonyl (C=O) groups is 2. The third-order valence-corrected chi connectivity index (χ3v) is 5.82. The lowest BCUT2D eigenvalue weighted by Crippen LogP contribution is -2.31. The Morgan fingerprint density at radius 3 is 2.21 bits per heavy atom. The van der Waals surface area contributed by atoms with Crippen LogP contribution in [0.5, 0.6) is 5.75 Å². The highest BCUT2D eigenvalue weighted by molar-refractivity contribution is 6.21. The summed E-state index contributed by atoms with van der Waals surface area (Å²) in [5.41, 5.74) is 2.40. The Balaban J connectivity index is 1.29. The van der Waals surface area contributed by atoms with Gasteiger partial charge in [0.2, 0.25) is 0 Å². The van der Waals surface area contributed by atoms with Gasteiger partial charge in [0.1, 0.15) is 5.75 Å². The Morgan fingerprint density at radius 2 is 1.57 bits per heavy atom. The minimum atomic E-state index is -0.155. The van der Waals surface area contributed by atoms with Gasteiger partial charge in [-0.25, -0.2) is 0 Å². The van der Waals surface area contributed by atoms with E-state index in [0.29, 0.717) is 23.7 Å². The maximum atomic E-state index is 12.4. The number of benzene rings is 2. The zero-order valence-corrected chi connectivity index (χ0v) is 16.3. The van der Waals surface area contributed by atoms with Gasteiger partial charge in [0.05, 0.1) is 18.2 Å². The number of likely N-dealkylation sites (tertiary alicyclic amines) is 1. The lowest BCUT2D eigenvalue weighted by atomic mass is 10.0. The zero-order valence-electron chi connectivity index (χ0n) is 16.3. The molecule has 28 heavy (non-hydrogen) atoms. The fraction of sp³-hybridized carbons (Fsp3) is 0.391. The molecule has 2 aliphatic heterocycles. The van der Waals surface area contributed by atoms with Gasteiger partial charge in [-0.1, -0.05) is 24.3 Å². The highest BCUT2D eigenvalue weighted by Gasteiger charge is 2.34. The predicted molar refractivity (Wildman–Crippen MR) is 108 cm³/mol.